The second-order valence-corrected chi connectivity index (χ2v) is 12.4. The zero-order valence-corrected chi connectivity index (χ0v) is 26.7. The van der Waals surface area contributed by atoms with Gasteiger partial charge in [0.2, 0.25) is 0 Å². The molecule has 0 saturated heterocycles. The molecule has 9 aromatic rings. The Labute approximate surface area is 287 Å². The highest BCUT2D eigenvalue weighted by Gasteiger charge is 2.18. The highest BCUT2D eigenvalue weighted by molar-refractivity contribution is 6.11. The van der Waals surface area contributed by atoms with Gasteiger partial charge in [-0.05, 0) is 89.5 Å². The molecule has 0 bridgehead atoms. The van der Waals surface area contributed by atoms with Gasteiger partial charge < -0.3 is 9.13 Å². The van der Waals surface area contributed by atoms with Crippen LogP contribution in [0.15, 0.2) is 152 Å². The van der Waals surface area contributed by atoms with Crippen LogP contribution in [-0.2, 0) is 0 Å². The highest BCUT2D eigenvalue weighted by Crippen LogP contribution is 2.39. The van der Waals surface area contributed by atoms with E-state index in [0.717, 1.165) is 77.2 Å². The van der Waals surface area contributed by atoms with Gasteiger partial charge in [0.1, 0.15) is 0 Å². The number of fused-ring (bicyclic) bond motifs is 6. The van der Waals surface area contributed by atoms with Gasteiger partial charge in [-0.15, -0.1) is 0 Å². The van der Waals surface area contributed by atoms with Crippen molar-refractivity contribution in [2.24, 2.45) is 0 Å². The van der Waals surface area contributed by atoms with E-state index in [1.165, 1.54) is 0 Å². The maximum atomic E-state index is 10.2. The highest BCUT2D eigenvalue weighted by atomic mass is 15.0. The van der Waals surface area contributed by atoms with Crippen LogP contribution in [0.1, 0.15) is 16.7 Å². The van der Waals surface area contributed by atoms with Crippen molar-refractivity contribution in [1.82, 2.24) is 9.13 Å². The maximum Gasteiger partial charge on any atom is 0.0992 e. The smallest absolute Gasteiger partial charge is 0.0992 e. The summed E-state index contributed by atoms with van der Waals surface area (Å²) in [5.74, 6) is 0. The van der Waals surface area contributed by atoms with E-state index in [1.807, 2.05) is 78.9 Å². The van der Waals surface area contributed by atoms with Gasteiger partial charge in [-0.3, -0.25) is 0 Å². The maximum absolute atomic E-state index is 10.2. The molecule has 0 atom stereocenters. The summed E-state index contributed by atoms with van der Waals surface area (Å²) in [6.07, 6.45) is 0. The standard InChI is InChI=1S/C45H25N5/c46-26-29-17-19-44-40(22-29)39-12-3-6-15-43(39)50(44)45-23-30(27-47)16-18-36(45)33-9-7-8-32(24-33)34-20-31(28-48)21-35(25-34)49-41-13-4-1-10-37(41)38-11-2-5-14-42(38)49/h1-25H. The van der Waals surface area contributed by atoms with Gasteiger partial charge in [-0.2, -0.15) is 15.8 Å². The Morgan fingerprint density at radius 2 is 0.920 bits per heavy atom. The molecule has 0 saturated carbocycles. The molecule has 0 fully saturated rings. The molecule has 230 valence electrons. The number of rotatable bonds is 4. The molecule has 0 aliphatic heterocycles. The summed E-state index contributed by atoms with van der Waals surface area (Å²) in [6, 6.07) is 57.8. The lowest BCUT2D eigenvalue weighted by molar-refractivity contribution is 1.18. The number of nitriles is 3. The minimum atomic E-state index is 0.553. The Morgan fingerprint density at radius 3 is 1.60 bits per heavy atom. The number of hydrogen-bond donors (Lipinski definition) is 0. The Balaban J connectivity index is 1.25. The molecule has 9 rings (SSSR count). The first-order valence-corrected chi connectivity index (χ1v) is 16.3. The lowest BCUT2D eigenvalue weighted by atomic mass is 9.96. The number of aromatic nitrogens is 2. The Morgan fingerprint density at radius 1 is 0.360 bits per heavy atom. The Hall–Kier alpha value is -7.39. The lowest BCUT2D eigenvalue weighted by Gasteiger charge is -2.16. The van der Waals surface area contributed by atoms with Crippen molar-refractivity contribution in [3.63, 3.8) is 0 Å². The van der Waals surface area contributed by atoms with Gasteiger partial charge in [0.25, 0.3) is 0 Å². The Bertz CT molecular complexity index is 2920. The van der Waals surface area contributed by atoms with Crippen LogP contribution in [0.5, 0.6) is 0 Å². The van der Waals surface area contributed by atoms with Crippen molar-refractivity contribution < 1.29 is 0 Å². The average molecular weight is 636 g/mol. The summed E-state index contributed by atoms with van der Waals surface area (Å²) in [5, 5.41) is 34.2. The molecule has 0 spiro atoms. The molecule has 2 aromatic heterocycles. The average Bonchev–Trinajstić information content (AvgIpc) is 3.70. The van der Waals surface area contributed by atoms with E-state index in [-0.39, 0.29) is 0 Å². The van der Waals surface area contributed by atoms with E-state index in [1.54, 1.807) is 0 Å². The number of hydrogen-bond acceptors (Lipinski definition) is 3. The first-order chi connectivity index (χ1) is 24.6. The first-order valence-electron chi connectivity index (χ1n) is 16.3. The normalized spacial score (nSPS) is 11.1. The van der Waals surface area contributed by atoms with Crippen molar-refractivity contribution in [2.45, 2.75) is 0 Å². The molecular formula is C45H25N5. The van der Waals surface area contributed by atoms with Gasteiger partial charge in [-0.25, -0.2) is 0 Å². The van der Waals surface area contributed by atoms with Gasteiger partial charge in [0, 0.05) is 32.8 Å². The molecule has 2 heterocycles. The number of benzene rings is 7. The molecule has 50 heavy (non-hydrogen) atoms. The van der Waals surface area contributed by atoms with Crippen molar-refractivity contribution in [3.8, 4) is 51.8 Å². The van der Waals surface area contributed by atoms with Crippen LogP contribution < -0.4 is 0 Å². The minimum absolute atomic E-state index is 0.553. The van der Waals surface area contributed by atoms with Crippen LogP contribution in [0.3, 0.4) is 0 Å². The largest absolute Gasteiger partial charge is 0.309 e. The first kappa shape index (κ1) is 28.8. The molecule has 0 aliphatic carbocycles. The van der Waals surface area contributed by atoms with E-state index in [2.05, 4.69) is 100 Å². The second kappa shape index (κ2) is 11.4. The van der Waals surface area contributed by atoms with E-state index in [4.69, 9.17) is 0 Å². The van der Waals surface area contributed by atoms with Crippen LogP contribution in [-0.4, -0.2) is 9.13 Å². The fourth-order valence-corrected chi connectivity index (χ4v) is 7.37. The van der Waals surface area contributed by atoms with E-state index in [9.17, 15) is 15.8 Å². The summed E-state index contributed by atoms with van der Waals surface area (Å²) in [7, 11) is 0. The van der Waals surface area contributed by atoms with Crippen molar-refractivity contribution in [3.05, 3.63) is 168 Å². The molecule has 0 radical (unpaired) electrons. The van der Waals surface area contributed by atoms with Gasteiger partial charge in [-0.1, -0.05) is 78.9 Å². The lowest BCUT2D eigenvalue weighted by Crippen LogP contribution is -1.99. The zero-order valence-electron chi connectivity index (χ0n) is 26.7. The third-order valence-electron chi connectivity index (χ3n) is 9.56. The summed E-state index contributed by atoms with van der Waals surface area (Å²) in [4.78, 5) is 0. The summed E-state index contributed by atoms with van der Waals surface area (Å²) in [5.41, 5.74) is 11.4. The number of para-hydroxylation sites is 3. The monoisotopic (exact) mass is 635 g/mol. The van der Waals surface area contributed by atoms with Crippen LogP contribution in [0.4, 0.5) is 0 Å². The topological polar surface area (TPSA) is 81.2 Å². The van der Waals surface area contributed by atoms with Gasteiger partial charge >= 0.3 is 0 Å². The summed E-state index contributed by atoms with van der Waals surface area (Å²) >= 11 is 0. The quantitative estimate of drug-likeness (QED) is 0.193. The summed E-state index contributed by atoms with van der Waals surface area (Å²) in [6.45, 7) is 0. The predicted molar refractivity (Wildman–Crippen MR) is 200 cm³/mol. The zero-order chi connectivity index (χ0) is 33.8. The van der Waals surface area contributed by atoms with Crippen LogP contribution in [0.2, 0.25) is 0 Å². The fourth-order valence-electron chi connectivity index (χ4n) is 7.37. The van der Waals surface area contributed by atoms with E-state index in [0.29, 0.717) is 16.7 Å². The second-order valence-electron chi connectivity index (χ2n) is 12.4. The molecular weight excluding hydrogens is 611 g/mol. The van der Waals surface area contributed by atoms with Crippen molar-refractivity contribution >= 4 is 43.6 Å². The molecule has 0 N–H and O–H groups in total. The van der Waals surface area contributed by atoms with Crippen molar-refractivity contribution in [1.29, 1.82) is 15.8 Å². The van der Waals surface area contributed by atoms with Gasteiger partial charge in [0.05, 0.1) is 62.7 Å². The molecule has 0 aliphatic rings. The van der Waals surface area contributed by atoms with Crippen LogP contribution in [0, 0.1) is 34.0 Å². The molecule has 0 amide bonds. The van der Waals surface area contributed by atoms with Crippen molar-refractivity contribution in [2.75, 3.05) is 0 Å². The van der Waals surface area contributed by atoms with Crippen LogP contribution >= 0.6 is 0 Å². The SMILES string of the molecule is N#Cc1cc(-c2cccc(-c3ccc(C#N)cc3-n3c4ccccc4c4cc(C#N)ccc43)c2)cc(-n2c3ccccc3c3ccccc32)c1. The Kier molecular flexibility index (Phi) is 6.56. The molecule has 0 unspecified atom stereocenters. The third kappa shape index (κ3) is 4.45. The molecule has 7 aromatic carbocycles. The third-order valence-corrected chi connectivity index (χ3v) is 9.56. The molecule has 5 nitrogen and oxygen atoms in total. The minimum Gasteiger partial charge on any atom is -0.309 e. The summed E-state index contributed by atoms with van der Waals surface area (Å²) < 4.78 is 4.42. The predicted octanol–water partition coefficient (Wildman–Crippen LogP) is 10.8. The van der Waals surface area contributed by atoms with Crippen LogP contribution in [0.25, 0.3) is 77.2 Å². The van der Waals surface area contributed by atoms with E-state index >= 15 is 0 Å². The molecule has 5 heteroatoms. The van der Waals surface area contributed by atoms with Gasteiger partial charge in [0.15, 0.2) is 0 Å². The number of nitrogens with zero attached hydrogens (tertiary/aromatic N) is 5. The fraction of sp³-hybridized carbons (Fsp3) is 0. The van der Waals surface area contributed by atoms with E-state index < -0.39 is 0 Å².